The standard InChI is InChI=1S/C20H30FNO4/c1-11-9-16(21)10-12(2)17(11)13(3)15(5)25-18(23)14(4)22-19(24)26-20(6,7)8/h9-10,13-15H,1-8H3,(H,22,24)/t13?,14-,15?/m0/s1. The van der Waals surface area contributed by atoms with Gasteiger partial charge in [0.2, 0.25) is 0 Å². The van der Waals surface area contributed by atoms with E-state index in [0.717, 1.165) is 16.7 Å². The van der Waals surface area contributed by atoms with Gasteiger partial charge < -0.3 is 14.8 Å². The zero-order chi connectivity index (χ0) is 20.2. The fourth-order valence-electron chi connectivity index (χ4n) is 2.81. The second kappa shape index (κ2) is 8.52. The monoisotopic (exact) mass is 367 g/mol. The fraction of sp³-hybridized carbons (Fsp3) is 0.600. The van der Waals surface area contributed by atoms with Crippen molar-refractivity contribution in [2.24, 2.45) is 0 Å². The fourth-order valence-corrected chi connectivity index (χ4v) is 2.81. The second-order valence-corrected chi connectivity index (χ2v) is 7.75. The summed E-state index contributed by atoms with van der Waals surface area (Å²) in [5, 5.41) is 2.47. The van der Waals surface area contributed by atoms with Crippen molar-refractivity contribution in [3.63, 3.8) is 0 Å². The molecule has 6 heteroatoms. The molecule has 1 aromatic rings. The summed E-state index contributed by atoms with van der Waals surface area (Å²) < 4.78 is 24.1. The minimum absolute atomic E-state index is 0.117. The van der Waals surface area contributed by atoms with Crippen LogP contribution in [0.1, 0.15) is 64.2 Å². The molecule has 0 aliphatic rings. The number of alkyl carbamates (subject to hydrolysis) is 1. The van der Waals surface area contributed by atoms with Crippen LogP contribution >= 0.6 is 0 Å². The molecule has 0 saturated carbocycles. The molecule has 1 rings (SSSR count). The molecule has 2 unspecified atom stereocenters. The largest absolute Gasteiger partial charge is 0.461 e. The number of nitrogens with one attached hydrogen (secondary N) is 1. The van der Waals surface area contributed by atoms with E-state index in [1.165, 1.54) is 19.1 Å². The third kappa shape index (κ3) is 6.32. The summed E-state index contributed by atoms with van der Waals surface area (Å²) in [5.41, 5.74) is 1.95. The number of esters is 1. The first-order valence-electron chi connectivity index (χ1n) is 8.78. The summed E-state index contributed by atoms with van der Waals surface area (Å²) in [6.07, 6.45) is -1.11. The van der Waals surface area contributed by atoms with E-state index in [1.807, 2.05) is 20.8 Å². The van der Waals surface area contributed by atoms with Crippen molar-refractivity contribution in [1.29, 1.82) is 0 Å². The number of benzene rings is 1. The summed E-state index contributed by atoms with van der Waals surface area (Å²) in [6, 6.07) is 2.11. The van der Waals surface area contributed by atoms with Crippen molar-refractivity contribution in [3.05, 3.63) is 34.6 Å². The van der Waals surface area contributed by atoms with Crippen LogP contribution in [0.15, 0.2) is 12.1 Å². The molecule has 0 fully saturated rings. The lowest BCUT2D eigenvalue weighted by molar-refractivity contribution is -0.151. The first-order chi connectivity index (χ1) is 11.8. The maximum absolute atomic E-state index is 13.5. The van der Waals surface area contributed by atoms with Crippen LogP contribution in [-0.4, -0.2) is 29.8 Å². The maximum Gasteiger partial charge on any atom is 0.408 e. The first-order valence-corrected chi connectivity index (χ1v) is 8.78. The average Bonchev–Trinajstić information content (AvgIpc) is 2.43. The summed E-state index contributed by atoms with van der Waals surface area (Å²) in [6.45, 7) is 14.2. The summed E-state index contributed by atoms with van der Waals surface area (Å²) in [7, 11) is 0. The molecule has 0 radical (unpaired) electrons. The van der Waals surface area contributed by atoms with Crippen LogP contribution in [0.3, 0.4) is 0 Å². The molecule has 0 saturated heterocycles. The smallest absolute Gasteiger partial charge is 0.408 e. The van der Waals surface area contributed by atoms with Gasteiger partial charge in [0.05, 0.1) is 0 Å². The van der Waals surface area contributed by atoms with Crippen molar-refractivity contribution in [1.82, 2.24) is 5.32 Å². The molecular formula is C20H30FNO4. The van der Waals surface area contributed by atoms with Gasteiger partial charge in [-0.25, -0.2) is 14.0 Å². The number of halogens is 1. The summed E-state index contributed by atoms with van der Waals surface area (Å²) >= 11 is 0. The number of hydrogen-bond acceptors (Lipinski definition) is 4. The second-order valence-electron chi connectivity index (χ2n) is 7.75. The quantitative estimate of drug-likeness (QED) is 0.784. The Labute approximate surface area is 155 Å². The zero-order valence-electron chi connectivity index (χ0n) is 16.9. The predicted octanol–water partition coefficient (Wildman–Crippen LogP) is 4.39. The van der Waals surface area contributed by atoms with Crippen molar-refractivity contribution < 1.29 is 23.5 Å². The minimum Gasteiger partial charge on any atom is -0.461 e. The van der Waals surface area contributed by atoms with E-state index in [-0.39, 0.29) is 11.7 Å². The van der Waals surface area contributed by atoms with Crippen LogP contribution < -0.4 is 5.32 Å². The van der Waals surface area contributed by atoms with Gasteiger partial charge in [0, 0.05) is 5.92 Å². The van der Waals surface area contributed by atoms with E-state index in [1.54, 1.807) is 27.7 Å². The SMILES string of the molecule is Cc1cc(F)cc(C)c1C(C)C(C)OC(=O)[C@H](C)NC(=O)OC(C)(C)C. The van der Waals surface area contributed by atoms with Gasteiger partial charge in [0.25, 0.3) is 0 Å². The van der Waals surface area contributed by atoms with Gasteiger partial charge in [-0.2, -0.15) is 0 Å². The molecule has 1 N–H and O–H groups in total. The molecule has 0 aliphatic carbocycles. The topological polar surface area (TPSA) is 64.6 Å². The van der Waals surface area contributed by atoms with Crippen LogP contribution in [0.25, 0.3) is 0 Å². The summed E-state index contributed by atoms with van der Waals surface area (Å²) in [4.78, 5) is 24.0. The summed E-state index contributed by atoms with van der Waals surface area (Å²) in [5.74, 6) is -0.948. The lowest BCUT2D eigenvalue weighted by atomic mass is 9.88. The minimum atomic E-state index is -0.838. The van der Waals surface area contributed by atoms with Gasteiger partial charge in [0.1, 0.15) is 23.6 Å². The number of carbonyl (C=O) groups is 2. The first kappa shape index (κ1) is 21.9. The lowest BCUT2D eigenvalue weighted by Crippen LogP contribution is -2.43. The number of ether oxygens (including phenoxy) is 2. The highest BCUT2D eigenvalue weighted by molar-refractivity contribution is 5.81. The van der Waals surface area contributed by atoms with Gasteiger partial charge in [-0.15, -0.1) is 0 Å². The molecule has 146 valence electrons. The van der Waals surface area contributed by atoms with E-state index < -0.39 is 29.8 Å². The normalized spacial score (nSPS) is 15.0. The third-order valence-corrected chi connectivity index (χ3v) is 4.11. The average molecular weight is 367 g/mol. The van der Waals surface area contributed by atoms with E-state index in [2.05, 4.69) is 5.32 Å². The molecule has 1 amide bonds. The number of aryl methyl sites for hydroxylation is 2. The maximum atomic E-state index is 13.5. The Morgan fingerprint density at radius 3 is 2.04 bits per heavy atom. The highest BCUT2D eigenvalue weighted by atomic mass is 19.1. The Balaban J connectivity index is 2.73. The van der Waals surface area contributed by atoms with Crippen molar-refractivity contribution in [3.8, 4) is 0 Å². The van der Waals surface area contributed by atoms with Gasteiger partial charge in [-0.3, -0.25) is 0 Å². The van der Waals surface area contributed by atoms with Crippen LogP contribution in [0.2, 0.25) is 0 Å². The van der Waals surface area contributed by atoms with E-state index in [9.17, 15) is 14.0 Å². The molecule has 0 heterocycles. The third-order valence-electron chi connectivity index (χ3n) is 4.11. The van der Waals surface area contributed by atoms with E-state index >= 15 is 0 Å². The number of carbonyl (C=O) groups excluding carboxylic acids is 2. The number of rotatable bonds is 5. The van der Waals surface area contributed by atoms with Gasteiger partial charge in [-0.1, -0.05) is 6.92 Å². The molecule has 26 heavy (non-hydrogen) atoms. The molecule has 0 bridgehead atoms. The molecule has 0 aromatic heterocycles. The van der Waals surface area contributed by atoms with Gasteiger partial charge in [0.15, 0.2) is 0 Å². The van der Waals surface area contributed by atoms with E-state index in [4.69, 9.17) is 9.47 Å². The molecule has 3 atom stereocenters. The zero-order valence-corrected chi connectivity index (χ0v) is 16.9. The van der Waals surface area contributed by atoms with Crippen LogP contribution in [0, 0.1) is 19.7 Å². The number of amides is 1. The van der Waals surface area contributed by atoms with Crippen LogP contribution in [0.4, 0.5) is 9.18 Å². The molecule has 0 aliphatic heterocycles. The Morgan fingerprint density at radius 1 is 1.08 bits per heavy atom. The van der Waals surface area contributed by atoms with Gasteiger partial charge >= 0.3 is 12.1 Å². The Hall–Kier alpha value is -2.11. The molecule has 0 spiro atoms. The van der Waals surface area contributed by atoms with Crippen molar-refractivity contribution >= 4 is 12.1 Å². The van der Waals surface area contributed by atoms with E-state index in [0.29, 0.717) is 0 Å². The Kier molecular flexibility index (Phi) is 7.18. The number of hydrogen-bond donors (Lipinski definition) is 1. The molecule has 1 aromatic carbocycles. The Morgan fingerprint density at radius 2 is 1.58 bits per heavy atom. The Bertz CT molecular complexity index is 643. The van der Waals surface area contributed by atoms with Crippen molar-refractivity contribution in [2.45, 2.75) is 79.1 Å². The highest BCUT2D eigenvalue weighted by Gasteiger charge is 2.26. The van der Waals surface area contributed by atoms with Gasteiger partial charge in [-0.05, 0) is 77.3 Å². The van der Waals surface area contributed by atoms with Crippen LogP contribution in [-0.2, 0) is 14.3 Å². The van der Waals surface area contributed by atoms with Crippen LogP contribution in [0.5, 0.6) is 0 Å². The highest BCUT2D eigenvalue weighted by Crippen LogP contribution is 2.28. The molecule has 5 nitrogen and oxygen atoms in total. The predicted molar refractivity (Wildman–Crippen MR) is 98.7 cm³/mol. The van der Waals surface area contributed by atoms with Crippen molar-refractivity contribution in [2.75, 3.05) is 0 Å². The molecular weight excluding hydrogens is 337 g/mol. The lowest BCUT2D eigenvalue weighted by Gasteiger charge is -2.26.